The number of ketones is 1. The van der Waals surface area contributed by atoms with Crippen molar-refractivity contribution in [3.8, 4) is 11.5 Å². The number of carbonyl (C=O) groups excluding carboxylic acids is 3. The summed E-state index contributed by atoms with van der Waals surface area (Å²) in [7, 11) is -3.54. The van der Waals surface area contributed by atoms with Crippen LogP contribution in [-0.2, 0) is 25.2 Å². The Kier molecular flexibility index (Phi) is 8.85. The number of nitrogens with one attached hydrogen (secondary N) is 1. The lowest BCUT2D eigenvalue weighted by Crippen LogP contribution is -2.41. The largest absolute Gasteiger partial charge is 0.414 e. The van der Waals surface area contributed by atoms with Crippen molar-refractivity contribution >= 4 is 27.4 Å². The van der Waals surface area contributed by atoms with Gasteiger partial charge in [-0.05, 0) is 30.5 Å². The molecule has 1 atom stereocenters. The number of hydrogen-bond acceptors (Lipinski definition) is 8. The molecule has 0 saturated carbocycles. The van der Waals surface area contributed by atoms with Crippen LogP contribution in [0.3, 0.4) is 0 Å². The van der Waals surface area contributed by atoms with E-state index in [1.54, 1.807) is 54.6 Å². The maximum atomic E-state index is 13.0. The maximum absolute atomic E-state index is 13.0. The van der Waals surface area contributed by atoms with Crippen LogP contribution in [0.1, 0.15) is 41.9 Å². The molecule has 35 heavy (non-hydrogen) atoms. The van der Waals surface area contributed by atoms with Gasteiger partial charge in [0, 0.05) is 18.4 Å². The number of primary amides is 1. The molecule has 1 heterocycles. The van der Waals surface area contributed by atoms with E-state index in [4.69, 9.17) is 10.2 Å². The van der Waals surface area contributed by atoms with Crippen LogP contribution in [-0.4, -0.2) is 48.0 Å². The van der Waals surface area contributed by atoms with E-state index in [1.165, 1.54) is 0 Å². The lowest BCUT2D eigenvalue weighted by atomic mass is 10.0. The minimum Gasteiger partial charge on any atom is -0.414 e. The van der Waals surface area contributed by atoms with Crippen LogP contribution in [0.4, 0.5) is 0 Å². The highest BCUT2D eigenvalue weighted by Gasteiger charge is 2.27. The lowest BCUT2D eigenvalue weighted by molar-refractivity contribution is -0.121. The molecule has 0 spiro atoms. The molecular formula is C24H26N4O6S. The zero-order valence-corrected chi connectivity index (χ0v) is 19.7. The summed E-state index contributed by atoms with van der Waals surface area (Å²) < 4.78 is 30.3. The molecule has 3 N–H and O–H groups in total. The third kappa shape index (κ3) is 8.14. The fourth-order valence-corrected chi connectivity index (χ4v) is 4.67. The lowest BCUT2D eigenvalue weighted by Gasteiger charge is -2.16. The molecule has 0 aliphatic heterocycles. The molecule has 0 radical (unpaired) electrons. The minimum atomic E-state index is -3.54. The van der Waals surface area contributed by atoms with E-state index in [0.717, 1.165) is 0 Å². The fraction of sp³-hybridized carbons (Fsp3) is 0.292. The molecule has 2 aromatic carbocycles. The normalized spacial score (nSPS) is 12.1. The van der Waals surface area contributed by atoms with Crippen LogP contribution in [0, 0.1) is 0 Å². The first kappa shape index (κ1) is 25.8. The number of aromatic nitrogens is 2. The van der Waals surface area contributed by atoms with Gasteiger partial charge < -0.3 is 15.5 Å². The van der Waals surface area contributed by atoms with E-state index in [9.17, 15) is 22.8 Å². The second kappa shape index (κ2) is 12.0. The summed E-state index contributed by atoms with van der Waals surface area (Å²) in [6.07, 6.45) is 0.0173. The van der Waals surface area contributed by atoms with Crippen LogP contribution < -0.4 is 11.1 Å². The van der Waals surface area contributed by atoms with Gasteiger partial charge in [-0.15, -0.1) is 10.2 Å². The first-order valence-corrected chi connectivity index (χ1v) is 12.8. The molecule has 1 aromatic heterocycles. The summed E-state index contributed by atoms with van der Waals surface area (Å²) in [6.45, 7) is 0. The summed E-state index contributed by atoms with van der Waals surface area (Å²) in [5.41, 5.74) is 6.42. The summed E-state index contributed by atoms with van der Waals surface area (Å²) >= 11 is 0. The molecule has 0 aliphatic carbocycles. The minimum absolute atomic E-state index is 0.0181. The molecule has 11 heteroatoms. The average Bonchev–Trinajstić information content (AvgIpc) is 3.33. The first-order valence-electron chi connectivity index (χ1n) is 11.0. The van der Waals surface area contributed by atoms with Gasteiger partial charge in [0.2, 0.25) is 23.5 Å². The van der Waals surface area contributed by atoms with E-state index in [2.05, 4.69) is 15.5 Å². The fourth-order valence-electron chi connectivity index (χ4n) is 3.33. The Morgan fingerprint density at radius 1 is 0.943 bits per heavy atom. The smallest absolute Gasteiger partial charge is 0.286 e. The van der Waals surface area contributed by atoms with Gasteiger partial charge in [-0.2, -0.15) is 0 Å². The molecule has 3 rings (SSSR count). The second-order valence-corrected chi connectivity index (χ2v) is 10.1. The van der Waals surface area contributed by atoms with Crippen molar-refractivity contribution < 1.29 is 27.2 Å². The quantitative estimate of drug-likeness (QED) is 0.338. The number of benzene rings is 2. The van der Waals surface area contributed by atoms with Crippen LogP contribution in [0.25, 0.3) is 11.5 Å². The number of Topliss-reactive ketones (excluding diaryl/α,β-unsaturated/α-hetero) is 1. The molecule has 0 unspecified atom stereocenters. The van der Waals surface area contributed by atoms with Crippen molar-refractivity contribution in [2.75, 3.05) is 5.75 Å². The SMILES string of the molecule is NC(=O)CCC[C@H](NC(=O)CCS(=O)(=O)Cc1ccccc1)C(=O)c1nnc(-c2ccccc2)o1. The molecular weight excluding hydrogens is 472 g/mol. The second-order valence-electron chi connectivity index (χ2n) is 7.95. The maximum Gasteiger partial charge on any atom is 0.286 e. The van der Waals surface area contributed by atoms with Crippen molar-refractivity contribution in [1.82, 2.24) is 15.5 Å². The highest BCUT2D eigenvalue weighted by Crippen LogP contribution is 2.18. The number of carbonyl (C=O) groups is 3. The van der Waals surface area contributed by atoms with Crippen LogP contribution in [0.5, 0.6) is 0 Å². The van der Waals surface area contributed by atoms with Crippen molar-refractivity contribution in [1.29, 1.82) is 0 Å². The molecule has 10 nitrogen and oxygen atoms in total. The van der Waals surface area contributed by atoms with E-state index in [0.29, 0.717) is 11.1 Å². The molecule has 0 aliphatic rings. The third-order valence-corrected chi connectivity index (χ3v) is 6.69. The molecule has 3 aromatic rings. The van der Waals surface area contributed by atoms with Gasteiger partial charge in [0.25, 0.3) is 5.89 Å². The summed E-state index contributed by atoms with van der Waals surface area (Å²) in [5.74, 6) is -2.53. The van der Waals surface area contributed by atoms with E-state index >= 15 is 0 Å². The summed E-state index contributed by atoms with van der Waals surface area (Å²) in [6, 6.07) is 16.4. The van der Waals surface area contributed by atoms with Gasteiger partial charge in [-0.1, -0.05) is 48.5 Å². The van der Waals surface area contributed by atoms with Gasteiger partial charge in [0.15, 0.2) is 9.84 Å². The Balaban J connectivity index is 1.65. The zero-order valence-electron chi connectivity index (χ0n) is 18.9. The topological polar surface area (TPSA) is 162 Å². The number of amides is 2. The van der Waals surface area contributed by atoms with Crippen molar-refractivity contribution in [3.05, 3.63) is 72.1 Å². The average molecular weight is 499 g/mol. The van der Waals surface area contributed by atoms with Gasteiger partial charge in [0.1, 0.15) is 0 Å². The molecule has 0 bridgehead atoms. The Labute approximate surface area is 202 Å². The number of nitrogens with two attached hydrogens (primary N) is 1. The zero-order chi connectivity index (χ0) is 25.3. The third-order valence-electron chi connectivity index (χ3n) is 5.09. The van der Waals surface area contributed by atoms with E-state index < -0.39 is 33.5 Å². The van der Waals surface area contributed by atoms with Crippen molar-refractivity contribution in [3.63, 3.8) is 0 Å². The first-order chi connectivity index (χ1) is 16.7. The monoisotopic (exact) mass is 498 g/mol. The van der Waals surface area contributed by atoms with Crippen LogP contribution >= 0.6 is 0 Å². The van der Waals surface area contributed by atoms with Crippen LogP contribution in [0.15, 0.2) is 65.1 Å². The number of rotatable bonds is 13. The van der Waals surface area contributed by atoms with E-state index in [-0.39, 0.29) is 49.0 Å². The highest BCUT2D eigenvalue weighted by atomic mass is 32.2. The van der Waals surface area contributed by atoms with Crippen molar-refractivity contribution in [2.45, 2.75) is 37.5 Å². The summed E-state index contributed by atoms with van der Waals surface area (Å²) in [4.78, 5) is 36.6. The Hall–Kier alpha value is -3.86. The van der Waals surface area contributed by atoms with Gasteiger partial charge >= 0.3 is 0 Å². The summed E-state index contributed by atoms with van der Waals surface area (Å²) in [5, 5.41) is 10.2. The Morgan fingerprint density at radius 2 is 1.60 bits per heavy atom. The standard InChI is InChI=1S/C24H26N4O6S/c25-20(29)13-7-12-19(22(31)24-28-27-23(34-24)18-10-5-2-6-11-18)26-21(30)14-15-35(32,33)16-17-8-3-1-4-9-17/h1-6,8-11,19H,7,12-16H2,(H2,25,29)(H,26,30)/t19-/m0/s1. The highest BCUT2D eigenvalue weighted by molar-refractivity contribution is 7.90. The van der Waals surface area contributed by atoms with Crippen molar-refractivity contribution in [2.24, 2.45) is 5.73 Å². The Bertz CT molecular complexity index is 1260. The van der Waals surface area contributed by atoms with Gasteiger partial charge in [-0.3, -0.25) is 14.4 Å². The van der Waals surface area contributed by atoms with E-state index in [1.807, 2.05) is 6.07 Å². The number of sulfone groups is 1. The van der Waals surface area contributed by atoms with Gasteiger partial charge in [0.05, 0.1) is 17.5 Å². The molecule has 0 fully saturated rings. The number of hydrogen-bond donors (Lipinski definition) is 2. The van der Waals surface area contributed by atoms with Crippen LogP contribution in [0.2, 0.25) is 0 Å². The molecule has 184 valence electrons. The molecule has 2 amide bonds. The molecule has 0 saturated heterocycles. The predicted molar refractivity (Wildman–Crippen MR) is 128 cm³/mol. The number of nitrogens with zero attached hydrogens (tertiary/aromatic N) is 2. The Morgan fingerprint density at radius 3 is 2.26 bits per heavy atom. The predicted octanol–water partition coefficient (Wildman–Crippen LogP) is 2.06. The van der Waals surface area contributed by atoms with Gasteiger partial charge in [-0.25, -0.2) is 8.42 Å².